The first-order valence-corrected chi connectivity index (χ1v) is 7.63. The summed E-state index contributed by atoms with van der Waals surface area (Å²) in [6, 6.07) is -0.518. The van der Waals surface area contributed by atoms with Crippen LogP contribution in [-0.2, 0) is 16.4 Å². The highest BCUT2D eigenvalue weighted by Gasteiger charge is 2.35. The standard InChI is InChI=1S/C10H18N4O2S/c1-2-14-8(7-12-13-14)10(11)9-5-3-4-6-17(9,15)16/h7,9-10H,2-6,11H2,1H3. The zero-order chi connectivity index (χ0) is 12.5. The fraction of sp³-hybridized carbons (Fsp3) is 0.800. The molecule has 1 aromatic heterocycles. The zero-order valence-corrected chi connectivity index (χ0v) is 10.7. The number of hydrogen-bond donors (Lipinski definition) is 1. The Labute approximate surface area is 101 Å². The summed E-state index contributed by atoms with van der Waals surface area (Å²) >= 11 is 0. The lowest BCUT2D eigenvalue weighted by Gasteiger charge is -2.27. The first kappa shape index (κ1) is 12.5. The number of aryl methyl sites for hydroxylation is 1. The minimum absolute atomic E-state index is 0.249. The van der Waals surface area contributed by atoms with Crippen LogP contribution in [0.2, 0.25) is 0 Å². The summed E-state index contributed by atoms with van der Waals surface area (Å²) in [5.74, 6) is 0.249. The van der Waals surface area contributed by atoms with E-state index >= 15 is 0 Å². The average molecular weight is 258 g/mol. The first-order valence-electron chi connectivity index (χ1n) is 5.92. The van der Waals surface area contributed by atoms with Gasteiger partial charge in [-0.05, 0) is 19.8 Å². The van der Waals surface area contributed by atoms with Crippen molar-refractivity contribution in [2.45, 2.75) is 44.0 Å². The van der Waals surface area contributed by atoms with Gasteiger partial charge in [-0.1, -0.05) is 11.6 Å². The molecule has 1 saturated heterocycles. The molecule has 7 heteroatoms. The summed E-state index contributed by atoms with van der Waals surface area (Å²) in [4.78, 5) is 0. The third-order valence-corrected chi connectivity index (χ3v) is 5.63. The van der Waals surface area contributed by atoms with Crippen molar-refractivity contribution in [2.75, 3.05) is 5.75 Å². The Morgan fingerprint density at radius 3 is 3.00 bits per heavy atom. The van der Waals surface area contributed by atoms with Crippen molar-refractivity contribution < 1.29 is 8.42 Å². The van der Waals surface area contributed by atoms with Crippen LogP contribution in [0.5, 0.6) is 0 Å². The number of aromatic nitrogens is 3. The lowest BCUT2D eigenvalue weighted by Crippen LogP contribution is -2.38. The molecule has 0 radical (unpaired) electrons. The van der Waals surface area contributed by atoms with Gasteiger partial charge in [0.25, 0.3) is 0 Å². The number of rotatable bonds is 3. The maximum absolute atomic E-state index is 12.0. The molecule has 96 valence electrons. The molecule has 2 N–H and O–H groups in total. The van der Waals surface area contributed by atoms with E-state index in [-0.39, 0.29) is 5.75 Å². The van der Waals surface area contributed by atoms with Crippen molar-refractivity contribution in [3.05, 3.63) is 11.9 Å². The van der Waals surface area contributed by atoms with E-state index in [1.807, 2.05) is 6.92 Å². The summed E-state index contributed by atoms with van der Waals surface area (Å²) < 4.78 is 25.6. The molecule has 1 aliphatic heterocycles. The summed E-state index contributed by atoms with van der Waals surface area (Å²) in [5, 5.41) is 7.20. The van der Waals surface area contributed by atoms with E-state index in [0.29, 0.717) is 18.7 Å². The van der Waals surface area contributed by atoms with Crippen molar-refractivity contribution in [3.63, 3.8) is 0 Å². The molecule has 2 atom stereocenters. The van der Waals surface area contributed by atoms with Crippen LogP contribution in [0.4, 0.5) is 0 Å². The summed E-state index contributed by atoms with van der Waals surface area (Å²) in [6.07, 6.45) is 3.87. The Hall–Kier alpha value is -0.950. The van der Waals surface area contributed by atoms with Crippen LogP contribution in [0.15, 0.2) is 6.20 Å². The lowest BCUT2D eigenvalue weighted by molar-refractivity contribution is 0.480. The van der Waals surface area contributed by atoms with Gasteiger partial charge < -0.3 is 5.73 Å². The smallest absolute Gasteiger partial charge is 0.155 e. The van der Waals surface area contributed by atoms with Gasteiger partial charge in [-0.25, -0.2) is 13.1 Å². The Morgan fingerprint density at radius 1 is 1.59 bits per heavy atom. The normalized spacial score (nSPS) is 25.6. The molecule has 6 nitrogen and oxygen atoms in total. The second-order valence-corrected chi connectivity index (χ2v) is 6.74. The number of sulfone groups is 1. The van der Waals surface area contributed by atoms with E-state index in [4.69, 9.17) is 5.73 Å². The third kappa shape index (κ3) is 2.35. The molecule has 2 unspecified atom stereocenters. The van der Waals surface area contributed by atoms with Gasteiger partial charge in [0.05, 0.1) is 28.9 Å². The highest BCUT2D eigenvalue weighted by atomic mass is 32.2. The van der Waals surface area contributed by atoms with Gasteiger partial charge in [-0.2, -0.15) is 0 Å². The maximum atomic E-state index is 12.0. The molecule has 0 bridgehead atoms. The molecule has 17 heavy (non-hydrogen) atoms. The van der Waals surface area contributed by atoms with Crippen LogP contribution in [-0.4, -0.2) is 34.4 Å². The van der Waals surface area contributed by atoms with Gasteiger partial charge in [0, 0.05) is 6.54 Å². The zero-order valence-electron chi connectivity index (χ0n) is 9.91. The van der Waals surface area contributed by atoms with Crippen molar-refractivity contribution in [2.24, 2.45) is 5.73 Å². The molecule has 1 aromatic rings. The number of hydrogen-bond acceptors (Lipinski definition) is 5. The molecule has 1 aliphatic rings. The minimum atomic E-state index is -3.07. The molecular formula is C10H18N4O2S. The molecule has 0 amide bonds. The van der Waals surface area contributed by atoms with Crippen molar-refractivity contribution in [1.29, 1.82) is 0 Å². The highest BCUT2D eigenvalue weighted by molar-refractivity contribution is 7.92. The van der Waals surface area contributed by atoms with Crippen molar-refractivity contribution >= 4 is 9.84 Å². The van der Waals surface area contributed by atoms with Crippen LogP contribution >= 0.6 is 0 Å². The summed E-state index contributed by atoms with van der Waals surface area (Å²) in [5.41, 5.74) is 6.80. The summed E-state index contributed by atoms with van der Waals surface area (Å²) in [7, 11) is -3.07. The topological polar surface area (TPSA) is 90.9 Å². The van der Waals surface area contributed by atoms with Gasteiger partial charge in [-0.15, -0.1) is 5.10 Å². The Bertz CT molecular complexity index is 482. The molecular weight excluding hydrogens is 240 g/mol. The van der Waals surface area contributed by atoms with Crippen LogP contribution < -0.4 is 5.73 Å². The monoisotopic (exact) mass is 258 g/mol. The predicted molar refractivity (Wildman–Crippen MR) is 64.1 cm³/mol. The minimum Gasteiger partial charge on any atom is -0.322 e. The lowest BCUT2D eigenvalue weighted by atomic mass is 10.1. The fourth-order valence-electron chi connectivity index (χ4n) is 2.34. The van der Waals surface area contributed by atoms with Gasteiger partial charge >= 0.3 is 0 Å². The molecule has 0 spiro atoms. The first-order chi connectivity index (χ1) is 8.06. The van der Waals surface area contributed by atoms with E-state index < -0.39 is 21.1 Å². The van der Waals surface area contributed by atoms with Crippen LogP contribution in [0, 0.1) is 0 Å². The number of nitrogens with zero attached hydrogens (tertiary/aromatic N) is 3. The quantitative estimate of drug-likeness (QED) is 0.840. The SMILES string of the molecule is CCn1nncc1C(N)C1CCCCS1(=O)=O. The predicted octanol–water partition coefficient (Wildman–Crippen LogP) is 0.265. The van der Waals surface area contributed by atoms with E-state index in [0.717, 1.165) is 12.8 Å². The summed E-state index contributed by atoms with van der Waals surface area (Å²) in [6.45, 7) is 2.58. The molecule has 0 aliphatic carbocycles. The second kappa shape index (κ2) is 4.73. The molecule has 0 aromatic carbocycles. The van der Waals surface area contributed by atoms with Crippen LogP contribution in [0.3, 0.4) is 0 Å². The van der Waals surface area contributed by atoms with Gasteiger partial charge in [0.2, 0.25) is 0 Å². The number of nitrogens with two attached hydrogens (primary N) is 1. The molecule has 2 rings (SSSR count). The Morgan fingerprint density at radius 2 is 2.35 bits per heavy atom. The van der Waals surface area contributed by atoms with Crippen LogP contribution in [0.1, 0.15) is 37.9 Å². The van der Waals surface area contributed by atoms with Gasteiger partial charge in [0.15, 0.2) is 9.84 Å². The fourth-order valence-corrected chi connectivity index (χ4v) is 4.36. The largest absolute Gasteiger partial charge is 0.322 e. The molecule has 1 fully saturated rings. The van der Waals surface area contributed by atoms with Crippen molar-refractivity contribution in [1.82, 2.24) is 15.0 Å². The Balaban J connectivity index is 2.28. The van der Waals surface area contributed by atoms with E-state index in [1.165, 1.54) is 0 Å². The third-order valence-electron chi connectivity index (χ3n) is 3.32. The molecule has 2 heterocycles. The van der Waals surface area contributed by atoms with Crippen molar-refractivity contribution in [3.8, 4) is 0 Å². The average Bonchev–Trinajstić information content (AvgIpc) is 2.75. The highest BCUT2D eigenvalue weighted by Crippen LogP contribution is 2.28. The van der Waals surface area contributed by atoms with Gasteiger partial charge in [0.1, 0.15) is 0 Å². The van der Waals surface area contributed by atoms with Crippen LogP contribution in [0.25, 0.3) is 0 Å². The van der Waals surface area contributed by atoms with E-state index in [9.17, 15) is 8.42 Å². The van der Waals surface area contributed by atoms with E-state index in [2.05, 4.69) is 10.3 Å². The van der Waals surface area contributed by atoms with E-state index in [1.54, 1.807) is 10.9 Å². The second-order valence-electron chi connectivity index (χ2n) is 4.40. The maximum Gasteiger partial charge on any atom is 0.155 e. The molecule has 0 saturated carbocycles. The van der Waals surface area contributed by atoms with Gasteiger partial charge in [-0.3, -0.25) is 0 Å². The Kier molecular flexibility index (Phi) is 3.48.